The zero-order valence-electron chi connectivity index (χ0n) is 17.7. The van der Waals surface area contributed by atoms with E-state index >= 15 is 0 Å². The highest BCUT2D eigenvalue weighted by molar-refractivity contribution is 6.07. The summed E-state index contributed by atoms with van der Waals surface area (Å²) < 4.78 is 28.2. The van der Waals surface area contributed by atoms with Crippen LogP contribution in [0.1, 0.15) is 54.2 Å². The fourth-order valence-electron chi connectivity index (χ4n) is 4.85. The predicted octanol–water partition coefficient (Wildman–Crippen LogP) is 2.29. The van der Waals surface area contributed by atoms with Gasteiger partial charge in [0.25, 0.3) is 5.91 Å². The second-order valence-electron chi connectivity index (χ2n) is 8.58. The van der Waals surface area contributed by atoms with E-state index in [1.54, 1.807) is 0 Å². The van der Waals surface area contributed by atoms with Gasteiger partial charge in [0, 0.05) is 12.1 Å². The Morgan fingerprint density at radius 1 is 1.15 bits per heavy atom. The summed E-state index contributed by atoms with van der Waals surface area (Å²) in [4.78, 5) is 23.4. The number of halogens is 2. The summed E-state index contributed by atoms with van der Waals surface area (Å²) in [6, 6.07) is 2.17. The standard InChI is InChI=1S/C22H24F2N6O3/c23-11-6-7-13(24)12(9-11)15-4-2-8-30(15)22(33)18-17-20(25-10-26-21(17)29-28-18)27-14-3-1-5-16(31)19(14)32/h6-7,9-10,14-16,19,31-32H,1-5,8H2,(H2,25,26,27,28,29)/t14-,15-,16-,19+/m1/s1. The Bertz CT molecular complexity index is 1190. The van der Waals surface area contributed by atoms with Crippen LogP contribution in [-0.4, -0.2) is 66.0 Å². The highest BCUT2D eigenvalue weighted by atomic mass is 19.1. The molecule has 2 aliphatic rings. The lowest BCUT2D eigenvalue weighted by molar-refractivity contribution is -0.0161. The number of hydrogen-bond acceptors (Lipinski definition) is 7. The van der Waals surface area contributed by atoms with Crippen molar-refractivity contribution in [2.24, 2.45) is 0 Å². The lowest BCUT2D eigenvalue weighted by atomic mass is 9.90. The third-order valence-corrected chi connectivity index (χ3v) is 6.53. The van der Waals surface area contributed by atoms with Gasteiger partial charge in [-0.05, 0) is 50.3 Å². The Morgan fingerprint density at radius 2 is 2.00 bits per heavy atom. The molecule has 1 aliphatic heterocycles. The van der Waals surface area contributed by atoms with E-state index in [0.717, 1.165) is 24.6 Å². The Balaban J connectivity index is 1.48. The van der Waals surface area contributed by atoms with Crippen LogP contribution in [-0.2, 0) is 0 Å². The molecule has 4 N–H and O–H groups in total. The zero-order chi connectivity index (χ0) is 23.1. The maximum Gasteiger partial charge on any atom is 0.275 e. The van der Waals surface area contributed by atoms with Gasteiger partial charge in [-0.1, -0.05) is 0 Å². The Kier molecular flexibility index (Phi) is 5.67. The number of carbonyl (C=O) groups excluding carboxylic acids is 1. The molecular weight excluding hydrogens is 434 g/mol. The van der Waals surface area contributed by atoms with Crippen LogP contribution in [0.2, 0.25) is 0 Å². The Hall–Kier alpha value is -3.18. The number of aliphatic hydroxyl groups excluding tert-OH is 2. The lowest BCUT2D eigenvalue weighted by Gasteiger charge is -2.32. The monoisotopic (exact) mass is 458 g/mol. The average molecular weight is 458 g/mol. The number of benzene rings is 1. The SMILES string of the molecule is O=C(c1n[nH]c2ncnc(N[C@@H]3CCC[C@@H](O)[C@H]3O)c12)N1CCC[C@@H]1c1cc(F)ccc1F. The highest BCUT2D eigenvalue weighted by Crippen LogP contribution is 2.36. The number of nitrogens with zero attached hydrogens (tertiary/aromatic N) is 4. The molecule has 0 bridgehead atoms. The second kappa shape index (κ2) is 8.64. The van der Waals surface area contributed by atoms with Gasteiger partial charge in [0.2, 0.25) is 0 Å². The number of aromatic nitrogens is 4. The van der Waals surface area contributed by atoms with Gasteiger partial charge >= 0.3 is 0 Å². The van der Waals surface area contributed by atoms with Crippen LogP contribution in [0.15, 0.2) is 24.5 Å². The predicted molar refractivity (Wildman–Crippen MR) is 114 cm³/mol. The summed E-state index contributed by atoms with van der Waals surface area (Å²) in [7, 11) is 0. The molecule has 0 radical (unpaired) electrons. The van der Waals surface area contributed by atoms with E-state index in [9.17, 15) is 23.8 Å². The minimum Gasteiger partial charge on any atom is -0.390 e. The molecule has 0 spiro atoms. The van der Waals surface area contributed by atoms with E-state index < -0.39 is 41.8 Å². The van der Waals surface area contributed by atoms with E-state index in [4.69, 9.17) is 0 Å². The number of carbonyl (C=O) groups is 1. The summed E-state index contributed by atoms with van der Waals surface area (Å²) >= 11 is 0. The maximum atomic E-state index is 14.4. The van der Waals surface area contributed by atoms with Gasteiger partial charge in [-0.2, -0.15) is 5.10 Å². The average Bonchev–Trinajstić information content (AvgIpc) is 3.46. The second-order valence-corrected chi connectivity index (χ2v) is 8.58. The zero-order valence-corrected chi connectivity index (χ0v) is 17.7. The fourth-order valence-corrected chi connectivity index (χ4v) is 4.85. The summed E-state index contributed by atoms with van der Waals surface area (Å²) in [6.45, 7) is 0.373. The molecule has 1 amide bonds. The van der Waals surface area contributed by atoms with Gasteiger partial charge in [-0.15, -0.1) is 0 Å². The molecule has 5 rings (SSSR count). The molecule has 1 saturated heterocycles. The van der Waals surface area contributed by atoms with Crippen LogP contribution in [0, 0.1) is 11.6 Å². The summed E-state index contributed by atoms with van der Waals surface area (Å²) in [5, 5.41) is 30.7. The van der Waals surface area contributed by atoms with Gasteiger partial charge in [0.1, 0.15) is 23.8 Å². The molecule has 0 unspecified atom stereocenters. The van der Waals surface area contributed by atoms with E-state index in [0.29, 0.717) is 49.1 Å². The number of H-pyrrole nitrogens is 1. The van der Waals surface area contributed by atoms with Gasteiger partial charge < -0.3 is 20.4 Å². The molecule has 1 saturated carbocycles. The lowest BCUT2D eigenvalue weighted by Crippen LogP contribution is -2.45. The number of likely N-dealkylation sites (tertiary alicyclic amines) is 1. The number of anilines is 1. The van der Waals surface area contributed by atoms with Crippen molar-refractivity contribution in [2.45, 2.75) is 56.4 Å². The maximum absolute atomic E-state index is 14.4. The topological polar surface area (TPSA) is 127 Å². The normalized spacial score (nSPS) is 25.5. The Morgan fingerprint density at radius 3 is 2.85 bits per heavy atom. The number of fused-ring (bicyclic) bond motifs is 1. The number of hydrogen-bond donors (Lipinski definition) is 4. The third kappa shape index (κ3) is 3.91. The van der Waals surface area contributed by atoms with Gasteiger partial charge in [-0.3, -0.25) is 9.89 Å². The first kappa shape index (κ1) is 21.7. The van der Waals surface area contributed by atoms with E-state index in [-0.39, 0.29) is 11.3 Å². The molecule has 3 heterocycles. The van der Waals surface area contributed by atoms with Crippen LogP contribution < -0.4 is 5.32 Å². The van der Waals surface area contributed by atoms with Crippen LogP contribution in [0.5, 0.6) is 0 Å². The number of aliphatic hydroxyl groups is 2. The highest BCUT2D eigenvalue weighted by Gasteiger charge is 2.36. The largest absolute Gasteiger partial charge is 0.390 e. The summed E-state index contributed by atoms with van der Waals surface area (Å²) in [6.07, 6.45) is 2.50. The van der Waals surface area contributed by atoms with E-state index in [1.165, 1.54) is 11.2 Å². The quantitative estimate of drug-likeness (QED) is 0.472. The van der Waals surface area contributed by atoms with Gasteiger partial charge in [0.05, 0.1) is 29.7 Å². The first-order valence-corrected chi connectivity index (χ1v) is 11.0. The summed E-state index contributed by atoms with van der Waals surface area (Å²) in [5.41, 5.74) is 0.520. The van der Waals surface area contributed by atoms with Crippen molar-refractivity contribution < 1.29 is 23.8 Å². The Labute approximate surface area is 187 Å². The van der Waals surface area contributed by atoms with E-state index in [1.807, 2.05) is 0 Å². The molecular formula is C22H24F2N6O3. The van der Waals surface area contributed by atoms with Crippen molar-refractivity contribution in [3.8, 4) is 0 Å². The number of amides is 1. The van der Waals surface area contributed by atoms with Crippen molar-refractivity contribution in [2.75, 3.05) is 11.9 Å². The number of aromatic amines is 1. The minimum atomic E-state index is -0.978. The molecule has 33 heavy (non-hydrogen) atoms. The first-order valence-electron chi connectivity index (χ1n) is 11.0. The minimum absolute atomic E-state index is 0.0580. The number of rotatable bonds is 4. The molecule has 1 aliphatic carbocycles. The van der Waals surface area contributed by atoms with Gasteiger partial charge in [0.15, 0.2) is 11.3 Å². The van der Waals surface area contributed by atoms with Gasteiger partial charge in [-0.25, -0.2) is 18.7 Å². The third-order valence-electron chi connectivity index (χ3n) is 6.53. The van der Waals surface area contributed by atoms with Crippen LogP contribution in [0.3, 0.4) is 0 Å². The van der Waals surface area contributed by atoms with Crippen molar-refractivity contribution in [1.29, 1.82) is 0 Å². The molecule has 4 atom stereocenters. The molecule has 2 aromatic heterocycles. The van der Waals surface area contributed by atoms with Crippen molar-refractivity contribution in [1.82, 2.24) is 25.1 Å². The molecule has 174 valence electrons. The van der Waals surface area contributed by atoms with Crippen LogP contribution in [0.25, 0.3) is 11.0 Å². The van der Waals surface area contributed by atoms with Crippen molar-refractivity contribution >= 4 is 22.8 Å². The van der Waals surface area contributed by atoms with Crippen molar-refractivity contribution in [3.05, 3.63) is 47.4 Å². The molecule has 3 aromatic rings. The van der Waals surface area contributed by atoms with E-state index in [2.05, 4.69) is 25.5 Å². The van der Waals surface area contributed by atoms with Crippen LogP contribution in [0.4, 0.5) is 14.6 Å². The fraction of sp³-hybridized carbons (Fsp3) is 0.455. The van der Waals surface area contributed by atoms with Crippen molar-refractivity contribution in [3.63, 3.8) is 0 Å². The first-order chi connectivity index (χ1) is 15.9. The molecule has 2 fully saturated rings. The number of nitrogens with one attached hydrogen (secondary N) is 2. The van der Waals surface area contributed by atoms with Crippen LogP contribution >= 0.6 is 0 Å². The molecule has 9 nitrogen and oxygen atoms in total. The smallest absolute Gasteiger partial charge is 0.275 e. The molecule has 1 aromatic carbocycles. The summed E-state index contributed by atoms with van der Waals surface area (Å²) in [5.74, 6) is -1.27. The molecule has 11 heteroatoms.